The minimum atomic E-state index is -0.648. The number of hydrogen-bond donors (Lipinski definition) is 3. The standard InChI is InChI=1S/C19H38O2.C2H7NO/c1-3-4-5-6-7-8-9-10-11-12-13-14-15-16-17-18(2)19(20)21;3-1-2-4/h18H,3-17H2,1-2H3,(H,20,21);4H,1-3H2. The lowest BCUT2D eigenvalue weighted by Gasteiger charge is -2.05. The minimum absolute atomic E-state index is 0.0972. The van der Waals surface area contributed by atoms with Crippen molar-refractivity contribution in [3.8, 4) is 0 Å². The number of aliphatic hydroxyl groups excluding tert-OH is 1. The van der Waals surface area contributed by atoms with E-state index < -0.39 is 5.97 Å². The Labute approximate surface area is 156 Å². The van der Waals surface area contributed by atoms with E-state index in [1.165, 1.54) is 83.5 Å². The molecule has 0 amide bonds. The van der Waals surface area contributed by atoms with E-state index >= 15 is 0 Å². The van der Waals surface area contributed by atoms with Gasteiger partial charge in [0.1, 0.15) is 0 Å². The number of aliphatic hydroxyl groups is 1. The van der Waals surface area contributed by atoms with E-state index in [-0.39, 0.29) is 12.5 Å². The molecule has 4 nitrogen and oxygen atoms in total. The molecule has 0 fully saturated rings. The second-order valence-electron chi connectivity index (χ2n) is 7.14. The van der Waals surface area contributed by atoms with Crippen LogP contribution in [0.4, 0.5) is 0 Å². The SMILES string of the molecule is CCCCCCCCCCCCCCCCC(C)C(=O)O.NCCO. The molecule has 0 aromatic rings. The molecule has 0 aromatic heterocycles. The molecule has 0 spiro atoms. The van der Waals surface area contributed by atoms with Gasteiger partial charge in [-0.1, -0.05) is 104 Å². The van der Waals surface area contributed by atoms with Gasteiger partial charge in [0.15, 0.2) is 0 Å². The second kappa shape index (κ2) is 23.4. The molecule has 0 radical (unpaired) electrons. The summed E-state index contributed by atoms with van der Waals surface area (Å²) in [5.41, 5.74) is 4.78. The summed E-state index contributed by atoms with van der Waals surface area (Å²) in [5, 5.41) is 16.5. The lowest BCUT2D eigenvalue weighted by molar-refractivity contribution is -0.141. The Morgan fingerprint density at radius 1 is 0.800 bits per heavy atom. The van der Waals surface area contributed by atoms with Gasteiger partial charge in [-0.15, -0.1) is 0 Å². The molecule has 152 valence electrons. The van der Waals surface area contributed by atoms with Crippen LogP contribution in [0.3, 0.4) is 0 Å². The van der Waals surface area contributed by atoms with Gasteiger partial charge in [-0.05, 0) is 6.42 Å². The summed E-state index contributed by atoms with van der Waals surface area (Å²) in [4.78, 5) is 10.7. The van der Waals surface area contributed by atoms with Crippen LogP contribution in [0.15, 0.2) is 0 Å². The number of carboxylic acids is 1. The number of carbonyl (C=O) groups is 1. The van der Waals surface area contributed by atoms with Gasteiger partial charge in [-0.25, -0.2) is 0 Å². The molecule has 1 unspecified atom stereocenters. The summed E-state index contributed by atoms with van der Waals surface area (Å²) < 4.78 is 0. The predicted octanol–water partition coefficient (Wildman–Crippen LogP) is 5.52. The molecule has 4 heteroatoms. The molecule has 0 aromatic carbocycles. The molecule has 4 N–H and O–H groups in total. The van der Waals surface area contributed by atoms with Crippen molar-refractivity contribution < 1.29 is 15.0 Å². The van der Waals surface area contributed by atoms with Gasteiger partial charge < -0.3 is 15.9 Å². The number of unbranched alkanes of at least 4 members (excludes halogenated alkanes) is 13. The summed E-state index contributed by atoms with van der Waals surface area (Å²) in [5.74, 6) is -0.813. The highest BCUT2D eigenvalue weighted by Crippen LogP contribution is 2.14. The molecule has 0 aliphatic heterocycles. The first-order valence-corrected chi connectivity index (χ1v) is 10.6. The average molecular weight is 360 g/mol. The van der Waals surface area contributed by atoms with E-state index in [1.807, 2.05) is 6.92 Å². The molecular formula is C21H45NO3. The maximum absolute atomic E-state index is 10.7. The summed E-state index contributed by atoms with van der Waals surface area (Å²) in [6.45, 7) is 4.55. The van der Waals surface area contributed by atoms with Crippen molar-refractivity contribution in [2.45, 2.75) is 110 Å². The first-order valence-electron chi connectivity index (χ1n) is 10.6. The molecule has 0 saturated heterocycles. The van der Waals surface area contributed by atoms with Crippen molar-refractivity contribution in [3.05, 3.63) is 0 Å². The van der Waals surface area contributed by atoms with Gasteiger partial charge >= 0.3 is 5.97 Å². The Kier molecular flexibility index (Phi) is 24.9. The smallest absolute Gasteiger partial charge is 0.306 e. The van der Waals surface area contributed by atoms with Crippen LogP contribution < -0.4 is 5.73 Å². The third-order valence-corrected chi connectivity index (χ3v) is 4.54. The lowest BCUT2D eigenvalue weighted by Crippen LogP contribution is -2.08. The number of aliphatic carboxylic acids is 1. The van der Waals surface area contributed by atoms with Crippen molar-refractivity contribution in [2.24, 2.45) is 11.7 Å². The average Bonchev–Trinajstić information content (AvgIpc) is 2.61. The van der Waals surface area contributed by atoms with Gasteiger partial charge in [-0.3, -0.25) is 4.79 Å². The molecule has 0 heterocycles. The van der Waals surface area contributed by atoms with Crippen LogP contribution in [0, 0.1) is 5.92 Å². The third-order valence-electron chi connectivity index (χ3n) is 4.54. The normalized spacial score (nSPS) is 11.7. The first-order chi connectivity index (χ1) is 12.1. The van der Waals surface area contributed by atoms with Gasteiger partial charge in [0.05, 0.1) is 12.5 Å². The Hall–Kier alpha value is -0.610. The number of carboxylic acid groups (broad SMARTS) is 1. The first kappa shape index (κ1) is 26.6. The van der Waals surface area contributed by atoms with Gasteiger partial charge in [0, 0.05) is 6.54 Å². The fraction of sp³-hybridized carbons (Fsp3) is 0.952. The molecule has 0 aliphatic carbocycles. The van der Waals surface area contributed by atoms with Crippen LogP contribution in [0.5, 0.6) is 0 Å². The van der Waals surface area contributed by atoms with Crippen molar-refractivity contribution in [1.29, 1.82) is 0 Å². The Morgan fingerprint density at radius 3 is 1.40 bits per heavy atom. The maximum Gasteiger partial charge on any atom is 0.306 e. The van der Waals surface area contributed by atoms with Crippen LogP contribution in [-0.2, 0) is 4.79 Å². The lowest BCUT2D eigenvalue weighted by atomic mass is 10.0. The second-order valence-corrected chi connectivity index (χ2v) is 7.14. The van der Waals surface area contributed by atoms with Crippen LogP contribution in [0.1, 0.15) is 110 Å². The van der Waals surface area contributed by atoms with Crippen LogP contribution in [0.25, 0.3) is 0 Å². The fourth-order valence-electron chi connectivity index (χ4n) is 2.77. The molecule has 25 heavy (non-hydrogen) atoms. The quantitative estimate of drug-likeness (QED) is 0.299. The summed E-state index contributed by atoms with van der Waals surface area (Å²) in [7, 11) is 0. The zero-order valence-electron chi connectivity index (χ0n) is 17.0. The third kappa shape index (κ3) is 25.7. The maximum atomic E-state index is 10.7. The van der Waals surface area contributed by atoms with E-state index in [2.05, 4.69) is 6.92 Å². The minimum Gasteiger partial charge on any atom is -0.481 e. The number of hydrogen-bond acceptors (Lipinski definition) is 3. The van der Waals surface area contributed by atoms with Gasteiger partial charge in [-0.2, -0.15) is 0 Å². The van der Waals surface area contributed by atoms with Gasteiger partial charge in [0.2, 0.25) is 0 Å². The monoisotopic (exact) mass is 359 g/mol. The van der Waals surface area contributed by atoms with Crippen molar-refractivity contribution >= 4 is 5.97 Å². The molecule has 0 saturated carbocycles. The van der Waals surface area contributed by atoms with Crippen molar-refractivity contribution in [2.75, 3.05) is 13.2 Å². The van der Waals surface area contributed by atoms with E-state index in [1.54, 1.807) is 0 Å². The highest BCUT2D eigenvalue weighted by molar-refractivity contribution is 5.69. The Balaban J connectivity index is 0. The number of rotatable bonds is 17. The van der Waals surface area contributed by atoms with Crippen LogP contribution >= 0.6 is 0 Å². The highest BCUT2D eigenvalue weighted by atomic mass is 16.4. The van der Waals surface area contributed by atoms with E-state index in [9.17, 15) is 4.79 Å². The molecule has 0 aliphatic rings. The van der Waals surface area contributed by atoms with Crippen molar-refractivity contribution in [3.63, 3.8) is 0 Å². The van der Waals surface area contributed by atoms with Crippen LogP contribution in [0.2, 0.25) is 0 Å². The van der Waals surface area contributed by atoms with E-state index in [0.717, 1.165) is 12.8 Å². The molecule has 0 rings (SSSR count). The highest BCUT2D eigenvalue weighted by Gasteiger charge is 2.09. The van der Waals surface area contributed by atoms with Crippen LogP contribution in [-0.4, -0.2) is 29.3 Å². The zero-order valence-corrected chi connectivity index (χ0v) is 17.0. The zero-order chi connectivity index (χ0) is 19.2. The summed E-state index contributed by atoms with van der Waals surface area (Å²) in [6, 6.07) is 0. The summed E-state index contributed by atoms with van der Waals surface area (Å²) >= 11 is 0. The predicted molar refractivity (Wildman–Crippen MR) is 108 cm³/mol. The fourth-order valence-corrected chi connectivity index (χ4v) is 2.77. The molecule has 1 atom stereocenters. The largest absolute Gasteiger partial charge is 0.481 e. The molecular weight excluding hydrogens is 314 g/mol. The number of nitrogens with two attached hydrogens (primary N) is 1. The van der Waals surface area contributed by atoms with E-state index in [0.29, 0.717) is 6.54 Å². The topological polar surface area (TPSA) is 83.5 Å². The molecule has 0 bridgehead atoms. The Morgan fingerprint density at radius 2 is 1.12 bits per heavy atom. The Bertz CT molecular complexity index is 258. The van der Waals surface area contributed by atoms with Gasteiger partial charge in [0.25, 0.3) is 0 Å². The van der Waals surface area contributed by atoms with E-state index in [4.69, 9.17) is 15.9 Å². The summed E-state index contributed by atoms with van der Waals surface area (Å²) in [6.07, 6.45) is 19.8. The van der Waals surface area contributed by atoms with Crippen molar-refractivity contribution in [1.82, 2.24) is 0 Å².